The second-order valence-corrected chi connectivity index (χ2v) is 11.1. The lowest BCUT2D eigenvalue weighted by Crippen LogP contribution is -2.45. The Hall–Kier alpha value is -2.38. The second-order valence-electron chi connectivity index (χ2n) is 9.40. The van der Waals surface area contributed by atoms with Crippen LogP contribution >= 0.6 is 0 Å². The number of nitrogens with zero attached hydrogens (tertiary/aromatic N) is 1. The highest BCUT2D eigenvalue weighted by molar-refractivity contribution is 7.92. The van der Waals surface area contributed by atoms with Gasteiger partial charge in [-0.3, -0.25) is 9.52 Å². The summed E-state index contributed by atoms with van der Waals surface area (Å²) < 4.78 is 28.6. The van der Waals surface area contributed by atoms with Crippen molar-refractivity contribution in [2.24, 2.45) is 0 Å². The zero-order valence-corrected chi connectivity index (χ0v) is 20.5. The molecule has 0 aromatic heterocycles. The molecule has 2 N–H and O–H groups in total. The average molecular weight is 470 g/mol. The Balaban J connectivity index is 1.41. The van der Waals surface area contributed by atoms with Gasteiger partial charge in [0.2, 0.25) is 0 Å². The molecule has 0 radical (unpaired) electrons. The summed E-state index contributed by atoms with van der Waals surface area (Å²) in [6.45, 7) is 6.02. The average Bonchev–Trinajstić information content (AvgIpc) is 3.64. The number of carbonyl (C=O) groups is 1. The number of carbonyl (C=O) groups excluding carboxylic acids is 1. The van der Waals surface area contributed by atoms with Crippen LogP contribution in [0.1, 0.15) is 66.9 Å². The molecular formula is C26H35N3O3S. The quantitative estimate of drug-likeness (QED) is 0.567. The number of amides is 1. The number of likely N-dealkylation sites (tertiary alicyclic amines) is 1. The first-order valence-electron chi connectivity index (χ1n) is 12.1. The van der Waals surface area contributed by atoms with Crippen molar-refractivity contribution in [3.8, 4) is 0 Å². The molecule has 1 amide bonds. The summed E-state index contributed by atoms with van der Waals surface area (Å²) in [5.41, 5.74) is 2.89. The zero-order valence-electron chi connectivity index (χ0n) is 19.6. The number of aryl methyl sites for hydroxylation is 2. The number of anilines is 1. The number of nitrogens with one attached hydrogen (secondary N) is 2. The summed E-state index contributed by atoms with van der Waals surface area (Å²) in [6, 6.07) is 13.1. The van der Waals surface area contributed by atoms with E-state index >= 15 is 0 Å². The Kier molecular flexibility index (Phi) is 7.39. The molecule has 4 rings (SSSR count). The molecule has 2 fully saturated rings. The smallest absolute Gasteiger partial charge is 0.261 e. The zero-order chi connectivity index (χ0) is 23.4. The summed E-state index contributed by atoms with van der Waals surface area (Å²) in [5, 5.41) is 3.13. The maximum Gasteiger partial charge on any atom is 0.261 e. The largest absolute Gasteiger partial charge is 0.349 e. The van der Waals surface area contributed by atoms with Crippen LogP contribution in [-0.4, -0.2) is 44.4 Å². The Morgan fingerprint density at radius 2 is 1.73 bits per heavy atom. The number of sulfonamides is 1. The van der Waals surface area contributed by atoms with Crippen LogP contribution in [0.3, 0.4) is 0 Å². The summed E-state index contributed by atoms with van der Waals surface area (Å²) in [5.74, 6) is -0.199. The Bertz CT molecular complexity index is 1070. The van der Waals surface area contributed by atoms with E-state index in [1.54, 1.807) is 24.3 Å². The van der Waals surface area contributed by atoms with Gasteiger partial charge in [-0.15, -0.1) is 0 Å². The summed E-state index contributed by atoms with van der Waals surface area (Å²) >= 11 is 0. The monoisotopic (exact) mass is 469 g/mol. The van der Waals surface area contributed by atoms with Gasteiger partial charge in [-0.1, -0.05) is 31.5 Å². The second kappa shape index (κ2) is 10.3. The first-order valence-corrected chi connectivity index (χ1v) is 13.6. The number of rotatable bonds is 9. The Labute approximate surface area is 197 Å². The van der Waals surface area contributed by atoms with Gasteiger partial charge in [-0.2, -0.15) is 0 Å². The molecule has 1 saturated carbocycles. The van der Waals surface area contributed by atoms with Crippen LogP contribution in [0.2, 0.25) is 0 Å². The molecule has 2 aliphatic rings. The van der Waals surface area contributed by atoms with E-state index in [1.165, 1.54) is 24.5 Å². The topological polar surface area (TPSA) is 78.5 Å². The molecule has 1 aliphatic carbocycles. The van der Waals surface area contributed by atoms with E-state index in [4.69, 9.17) is 0 Å². The van der Waals surface area contributed by atoms with Crippen LogP contribution in [0.15, 0.2) is 47.4 Å². The molecule has 178 valence electrons. The molecule has 2 aromatic carbocycles. The Morgan fingerprint density at radius 1 is 1.03 bits per heavy atom. The number of hydrogen-bond donors (Lipinski definition) is 2. The van der Waals surface area contributed by atoms with Crippen LogP contribution in [-0.2, 0) is 16.4 Å². The van der Waals surface area contributed by atoms with Gasteiger partial charge in [0.1, 0.15) is 0 Å². The van der Waals surface area contributed by atoms with Crippen LogP contribution < -0.4 is 10.0 Å². The van der Waals surface area contributed by atoms with Gasteiger partial charge in [0, 0.05) is 36.4 Å². The molecule has 0 atom stereocenters. The van der Waals surface area contributed by atoms with E-state index in [-0.39, 0.29) is 16.8 Å². The molecule has 1 heterocycles. The van der Waals surface area contributed by atoms with E-state index in [9.17, 15) is 13.2 Å². The summed E-state index contributed by atoms with van der Waals surface area (Å²) in [7, 11) is -3.80. The lowest BCUT2D eigenvalue weighted by atomic mass is 10.0. The van der Waals surface area contributed by atoms with E-state index in [0.29, 0.717) is 11.3 Å². The summed E-state index contributed by atoms with van der Waals surface area (Å²) in [6.07, 6.45) is 7.70. The lowest BCUT2D eigenvalue weighted by Gasteiger charge is -2.32. The number of piperidine rings is 1. The van der Waals surface area contributed by atoms with Gasteiger partial charge >= 0.3 is 0 Å². The third-order valence-electron chi connectivity index (χ3n) is 6.72. The predicted octanol–water partition coefficient (Wildman–Crippen LogP) is 4.50. The summed E-state index contributed by atoms with van der Waals surface area (Å²) in [4.78, 5) is 15.6. The predicted molar refractivity (Wildman–Crippen MR) is 132 cm³/mol. The maximum absolute atomic E-state index is 13.0. The van der Waals surface area contributed by atoms with Crippen molar-refractivity contribution in [3.05, 3.63) is 59.2 Å². The highest BCUT2D eigenvalue weighted by atomic mass is 32.2. The van der Waals surface area contributed by atoms with E-state index in [1.807, 2.05) is 19.1 Å². The van der Waals surface area contributed by atoms with E-state index in [0.717, 1.165) is 56.8 Å². The highest BCUT2D eigenvalue weighted by Gasteiger charge is 2.32. The number of unbranched alkanes of at least 4 members (excludes halogenated alkanes) is 1. The molecule has 0 bridgehead atoms. The molecule has 2 aromatic rings. The van der Waals surface area contributed by atoms with E-state index < -0.39 is 10.0 Å². The minimum absolute atomic E-state index is 0.0943. The van der Waals surface area contributed by atoms with Gasteiger partial charge in [0.15, 0.2) is 0 Å². The van der Waals surface area contributed by atoms with Crippen LogP contribution in [0.5, 0.6) is 0 Å². The first-order chi connectivity index (χ1) is 15.9. The molecule has 7 heteroatoms. The third-order valence-corrected chi connectivity index (χ3v) is 8.10. The van der Waals surface area contributed by atoms with Crippen LogP contribution in [0, 0.1) is 6.92 Å². The SMILES string of the molecule is CCCCc1ccc(NS(=O)(=O)c2ccc(C)c(C(=O)NC3CCN(C4CC4)CC3)c2)cc1. The highest BCUT2D eigenvalue weighted by Crippen LogP contribution is 2.29. The maximum atomic E-state index is 13.0. The van der Waals surface area contributed by atoms with Crippen molar-refractivity contribution in [1.82, 2.24) is 10.2 Å². The normalized spacial score (nSPS) is 17.6. The fraction of sp³-hybridized carbons (Fsp3) is 0.500. The van der Waals surface area contributed by atoms with Gasteiger partial charge in [0.25, 0.3) is 15.9 Å². The lowest BCUT2D eigenvalue weighted by molar-refractivity contribution is 0.0908. The van der Waals surface area contributed by atoms with Crippen molar-refractivity contribution in [2.45, 2.75) is 75.8 Å². The standard InChI is InChI=1S/C26H35N3O3S/c1-3-4-5-20-7-9-22(10-8-20)28-33(31,32)24-13-6-19(2)25(18-24)26(30)27-21-14-16-29(17-15-21)23-11-12-23/h6-10,13,18,21,23,28H,3-5,11-12,14-17H2,1-2H3,(H,27,30). The fourth-order valence-corrected chi connectivity index (χ4v) is 5.54. The van der Waals surface area contributed by atoms with E-state index in [2.05, 4.69) is 21.9 Å². The Morgan fingerprint density at radius 3 is 2.36 bits per heavy atom. The third kappa shape index (κ3) is 6.15. The molecule has 33 heavy (non-hydrogen) atoms. The van der Waals surface area contributed by atoms with Crippen molar-refractivity contribution < 1.29 is 13.2 Å². The molecule has 0 unspecified atom stereocenters. The first kappa shape index (κ1) is 23.8. The molecule has 1 aliphatic heterocycles. The number of benzene rings is 2. The minimum atomic E-state index is -3.80. The molecule has 6 nitrogen and oxygen atoms in total. The minimum Gasteiger partial charge on any atom is -0.349 e. The fourth-order valence-electron chi connectivity index (χ4n) is 4.46. The van der Waals surface area contributed by atoms with Crippen molar-refractivity contribution in [1.29, 1.82) is 0 Å². The van der Waals surface area contributed by atoms with Gasteiger partial charge in [-0.05, 0) is 80.8 Å². The molecule has 1 saturated heterocycles. The van der Waals surface area contributed by atoms with Crippen molar-refractivity contribution in [2.75, 3.05) is 17.8 Å². The van der Waals surface area contributed by atoms with Gasteiger partial charge in [0.05, 0.1) is 4.90 Å². The van der Waals surface area contributed by atoms with Gasteiger partial charge in [-0.25, -0.2) is 8.42 Å². The van der Waals surface area contributed by atoms with Crippen molar-refractivity contribution >= 4 is 21.6 Å². The van der Waals surface area contributed by atoms with Crippen LogP contribution in [0.4, 0.5) is 5.69 Å². The molecular weight excluding hydrogens is 434 g/mol. The number of hydrogen-bond acceptors (Lipinski definition) is 4. The van der Waals surface area contributed by atoms with Crippen molar-refractivity contribution in [3.63, 3.8) is 0 Å². The molecule has 0 spiro atoms. The van der Waals surface area contributed by atoms with Crippen LogP contribution in [0.25, 0.3) is 0 Å². The van der Waals surface area contributed by atoms with Gasteiger partial charge < -0.3 is 10.2 Å².